The van der Waals surface area contributed by atoms with Crippen LogP contribution in [0.4, 0.5) is 4.39 Å². The van der Waals surface area contributed by atoms with Crippen molar-refractivity contribution in [1.29, 1.82) is 0 Å². The first-order chi connectivity index (χ1) is 9.11. The van der Waals surface area contributed by atoms with Crippen molar-refractivity contribution >= 4 is 0 Å². The normalized spacial score (nSPS) is 22.2. The highest BCUT2D eigenvalue weighted by Crippen LogP contribution is 2.22. The molecule has 2 unspecified atom stereocenters. The first-order valence-corrected chi connectivity index (χ1v) is 6.41. The van der Waals surface area contributed by atoms with Crippen molar-refractivity contribution in [3.05, 3.63) is 29.6 Å². The number of hydrogen-bond acceptors (Lipinski definition) is 4. The summed E-state index contributed by atoms with van der Waals surface area (Å²) in [4.78, 5) is 2.10. The van der Waals surface area contributed by atoms with E-state index in [0.29, 0.717) is 18.7 Å². The summed E-state index contributed by atoms with van der Waals surface area (Å²) in [6.07, 6.45) is -0.768. The van der Waals surface area contributed by atoms with Gasteiger partial charge in [-0.3, -0.25) is 0 Å². The molecule has 1 aromatic rings. The third kappa shape index (κ3) is 3.43. The number of aliphatic hydroxyl groups is 1. The fraction of sp³-hybridized carbons (Fsp3) is 0.571. The molecule has 1 aliphatic rings. The van der Waals surface area contributed by atoms with Crippen molar-refractivity contribution in [2.45, 2.75) is 18.6 Å². The van der Waals surface area contributed by atoms with Crippen LogP contribution in [0.25, 0.3) is 0 Å². The molecule has 0 spiro atoms. The number of morpholine rings is 1. The molecule has 1 N–H and O–H groups in total. The molecule has 1 aliphatic heterocycles. The molecule has 0 bridgehead atoms. The molecule has 2 atom stereocenters. The molecule has 0 aliphatic carbocycles. The average molecular weight is 269 g/mol. The third-order valence-electron chi connectivity index (χ3n) is 3.42. The molecule has 19 heavy (non-hydrogen) atoms. The molecular weight excluding hydrogens is 249 g/mol. The summed E-state index contributed by atoms with van der Waals surface area (Å²) >= 11 is 0. The number of hydrogen-bond donors (Lipinski definition) is 1. The molecule has 106 valence electrons. The van der Waals surface area contributed by atoms with Gasteiger partial charge in [0.05, 0.1) is 25.9 Å². The van der Waals surface area contributed by atoms with Gasteiger partial charge >= 0.3 is 0 Å². The minimum Gasteiger partial charge on any atom is -0.494 e. The van der Waals surface area contributed by atoms with E-state index in [0.717, 1.165) is 6.54 Å². The van der Waals surface area contributed by atoms with E-state index in [2.05, 4.69) is 4.90 Å². The second-order valence-electron chi connectivity index (χ2n) is 4.88. The number of ether oxygens (including phenoxy) is 2. The smallest absolute Gasteiger partial charge is 0.168 e. The number of rotatable bonds is 4. The molecule has 0 amide bonds. The number of likely N-dealkylation sites (N-methyl/N-ethyl adjacent to an activating group) is 1. The van der Waals surface area contributed by atoms with Gasteiger partial charge in [0.15, 0.2) is 11.6 Å². The fourth-order valence-corrected chi connectivity index (χ4v) is 2.27. The van der Waals surface area contributed by atoms with Crippen LogP contribution in [0.3, 0.4) is 0 Å². The number of aliphatic hydroxyl groups excluding tert-OH is 1. The van der Waals surface area contributed by atoms with E-state index in [1.54, 1.807) is 18.2 Å². The lowest BCUT2D eigenvalue weighted by molar-refractivity contribution is -0.0825. The molecule has 0 saturated carbocycles. The van der Waals surface area contributed by atoms with Gasteiger partial charge in [-0.05, 0) is 18.7 Å². The van der Waals surface area contributed by atoms with Crippen LogP contribution in [0, 0.1) is 5.82 Å². The summed E-state index contributed by atoms with van der Waals surface area (Å²) in [5.41, 5.74) is 0.448. The molecule has 1 aromatic carbocycles. The van der Waals surface area contributed by atoms with Gasteiger partial charge in [0, 0.05) is 19.5 Å². The maximum atomic E-state index is 14.0. The quantitative estimate of drug-likeness (QED) is 0.888. The lowest BCUT2D eigenvalue weighted by atomic mass is 10.0. The Morgan fingerprint density at radius 2 is 2.37 bits per heavy atom. The van der Waals surface area contributed by atoms with Gasteiger partial charge in [-0.1, -0.05) is 12.1 Å². The van der Waals surface area contributed by atoms with Crippen LogP contribution in [-0.2, 0) is 11.2 Å². The molecular formula is C14H20FNO3. The first-order valence-electron chi connectivity index (χ1n) is 6.41. The van der Waals surface area contributed by atoms with E-state index < -0.39 is 11.9 Å². The molecule has 1 saturated heterocycles. The van der Waals surface area contributed by atoms with Crippen molar-refractivity contribution < 1.29 is 19.0 Å². The first kappa shape index (κ1) is 14.2. The highest BCUT2D eigenvalue weighted by Gasteiger charge is 2.26. The SMILES string of the molecule is COc1cccc(CC(O)C2CN(C)CCO2)c1F. The van der Waals surface area contributed by atoms with Crippen LogP contribution in [0.2, 0.25) is 0 Å². The lowest BCUT2D eigenvalue weighted by Gasteiger charge is -2.33. The molecule has 5 heteroatoms. The average Bonchev–Trinajstić information content (AvgIpc) is 2.41. The van der Waals surface area contributed by atoms with Gasteiger partial charge in [0.2, 0.25) is 0 Å². The van der Waals surface area contributed by atoms with Crippen molar-refractivity contribution in [1.82, 2.24) is 4.90 Å². The zero-order valence-corrected chi connectivity index (χ0v) is 11.3. The summed E-state index contributed by atoms with van der Waals surface area (Å²) in [5, 5.41) is 10.2. The van der Waals surface area contributed by atoms with Gasteiger partial charge < -0.3 is 19.5 Å². The molecule has 0 radical (unpaired) electrons. The Morgan fingerprint density at radius 3 is 3.05 bits per heavy atom. The Bertz CT molecular complexity index is 427. The lowest BCUT2D eigenvalue weighted by Crippen LogP contribution is -2.46. The van der Waals surface area contributed by atoms with Gasteiger partial charge in [0.1, 0.15) is 0 Å². The highest BCUT2D eigenvalue weighted by molar-refractivity contribution is 5.31. The molecule has 2 rings (SSSR count). The predicted octanol–water partition coefficient (Wildman–Crippen LogP) is 1.07. The minimum absolute atomic E-state index is 0.200. The summed E-state index contributed by atoms with van der Waals surface area (Å²) in [7, 11) is 3.41. The number of methoxy groups -OCH3 is 1. The van der Waals surface area contributed by atoms with Crippen molar-refractivity contribution in [3.63, 3.8) is 0 Å². The Kier molecular flexibility index (Phi) is 4.74. The summed E-state index contributed by atoms with van der Waals surface area (Å²) in [6, 6.07) is 4.95. The molecule has 4 nitrogen and oxygen atoms in total. The largest absolute Gasteiger partial charge is 0.494 e. The third-order valence-corrected chi connectivity index (χ3v) is 3.42. The molecule has 1 heterocycles. The number of halogens is 1. The van der Waals surface area contributed by atoms with Crippen LogP contribution in [0.5, 0.6) is 5.75 Å². The Morgan fingerprint density at radius 1 is 1.58 bits per heavy atom. The Labute approximate surface area is 112 Å². The van der Waals surface area contributed by atoms with E-state index in [9.17, 15) is 9.50 Å². The van der Waals surface area contributed by atoms with Gasteiger partial charge in [-0.15, -0.1) is 0 Å². The Hall–Kier alpha value is -1.17. The van der Waals surface area contributed by atoms with E-state index >= 15 is 0 Å². The van der Waals surface area contributed by atoms with Gasteiger partial charge in [-0.25, -0.2) is 4.39 Å². The zero-order valence-electron chi connectivity index (χ0n) is 11.3. The van der Waals surface area contributed by atoms with Crippen LogP contribution in [0.1, 0.15) is 5.56 Å². The fourth-order valence-electron chi connectivity index (χ4n) is 2.27. The van der Waals surface area contributed by atoms with E-state index in [4.69, 9.17) is 9.47 Å². The zero-order chi connectivity index (χ0) is 13.8. The van der Waals surface area contributed by atoms with Crippen molar-refractivity contribution in [3.8, 4) is 5.75 Å². The number of benzene rings is 1. The van der Waals surface area contributed by atoms with Gasteiger partial charge in [-0.2, -0.15) is 0 Å². The number of nitrogens with zero attached hydrogens (tertiary/aromatic N) is 1. The summed E-state index contributed by atoms with van der Waals surface area (Å²) in [6.45, 7) is 2.11. The van der Waals surface area contributed by atoms with Crippen LogP contribution < -0.4 is 4.74 Å². The standard InChI is InChI=1S/C14H20FNO3/c1-16-6-7-19-13(9-16)11(17)8-10-4-3-5-12(18-2)14(10)15/h3-5,11,13,17H,6-9H2,1-2H3. The molecule has 0 aromatic heterocycles. The van der Waals surface area contributed by atoms with Crippen LogP contribution in [0.15, 0.2) is 18.2 Å². The summed E-state index contributed by atoms with van der Waals surface area (Å²) < 4.78 is 24.5. The predicted molar refractivity (Wildman–Crippen MR) is 69.9 cm³/mol. The Balaban J connectivity index is 2.04. The second kappa shape index (κ2) is 6.32. The van der Waals surface area contributed by atoms with Crippen molar-refractivity contribution in [2.75, 3.05) is 33.9 Å². The molecule has 1 fully saturated rings. The monoisotopic (exact) mass is 269 g/mol. The highest BCUT2D eigenvalue weighted by atomic mass is 19.1. The van der Waals surface area contributed by atoms with E-state index in [-0.39, 0.29) is 18.3 Å². The van der Waals surface area contributed by atoms with Crippen molar-refractivity contribution in [2.24, 2.45) is 0 Å². The minimum atomic E-state index is -0.718. The van der Waals surface area contributed by atoms with Crippen LogP contribution >= 0.6 is 0 Å². The maximum absolute atomic E-state index is 14.0. The summed E-state index contributed by atoms with van der Waals surface area (Å²) in [5.74, 6) is -0.209. The topological polar surface area (TPSA) is 41.9 Å². The van der Waals surface area contributed by atoms with E-state index in [1.165, 1.54) is 7.11 Å². The van der Waals surface area contributed by atoms with E-state index in [1.807, 2.05) is 7.05 Å². The maximum Gasteiger partial charge on any atom is 0.168 e. The van der Waals surface area contributed by atoms with Gasteiger partial charge in [0.25, 0.3) is 0 Å². The second-order valence-corrected chi connectivity index (χ2v) is 4.88. The van der Waals surface area contributed by atoms with Crippen LogP contribution in [-0.4, -0.2) is 56.1 Å².